The van der Waals surface area contributed by atoms with Crippen LogP contribution in [-0.4, -0.2) is 87.5 Å². The summed E-state index contributed by atoms with van der Waals surface area (Å²) >= 11 is 0. The van der Waals surface area contributed by atoms with Gasteiger partial charge in [-0.1, -0.05) is 212 Å². The van der Waals surface area contributed by atoms with Gasteiger partial charge in [0.15, 0.2) is 6.29 Å². The highest BCUT2D eigenvalue weighted by atomic mass is 16.7. The molecule has 69 heavy (non-hydrogen) atoms. The standard InChI is InChI=1S/C60H99NO8/c1-3-5-7-9-11-13-15-16-17-18-19-20-21-22-23-24-25-26-27-28-29-30-31-32-33-34-35-36-37-38-40-42-44-46-48-50-56(64)61-53(52-68-60-59(67)58(66)57(65)55(51-62)69-60)54(63)49-47-45-43-41-39-14-12-10-8-6-4-2/h5,7,11,13,16-17,19-20,22-23,25-26,28-29,31-32,39,41,47,49,53-55,57-60,62-63,65-67H,3-4,6,8-10,12,14-15,18,21,24,27,30,33-38,40,42-46,48,50-52H2,1-2H3,(H,61,64)/b7-5-,13-11-,17-16-,20-19-,23-22-,26-25-,29-28-,32-31-,41-39+,49-47+. The molecular weight excluding hydrogens is 863 g/mol. The Balaban J connectivity index is 2.17. The molecule has 9 nitrogen and oxygen atoms in total. The maximum absolute atomic E-state index is 13.0. The summed E-state index contributed by atoms with van der Waals surface area (Å²) in [6, 6.07) is -0.830. The minimum Gasteiger partial charge on any atom is -0.394 e. The minimum absolute atomic E-state index is 0.199. The first-order chi connectivity index (χ1) is 33.8. The van der Waals surface area contributed by atoms with E-state index in [1.54, 1.807) is 6.08 Å². The van der Waals surface area contributed by atoms with E-state index >= 15 is 0 Å². The van der Waals surface area contributed by atoms with Gasteiger partial charge in [-0.2, -0.15) is 0 Å². The number of ether oxygens (including phenoxy) is 2. The summed E-state index contributed by atoms with van der Waals surface area (Å²) < 4.78 is 11.2. The van der Waals surface area contributed by atoms with E-state index in [4.69, 9.17) is 9.47 Å². The number of hydrogen-bond donors (Lipinski definition) is 6. The normalized spacial score (nSPS) is 20.5. The van der Waals surface area contributed by atoms with Gasteiger partial charge in [-0.3, -0.25) is 4.79 Å². The number of nitrogens with one attached hydrogen (secondary N) is 1. The molecule has 0 aromatic rings. The zero-order valence-corrected chi connectivity index (χ0v) is 43.3. The molecule has 0 aromatic carbocycles. The van der Waals surface area contributed by atoms with E-state index in [0.717, 1.165) is 103 Å². The van der Waals surface area contributed by atoms with Crippen LogP contribution in [0.25, 0.3) is 0 Å². The van der Waals surface area contributed by atoms with Crippen molar-refractivity contribution in [2.45, 2.75) is 236 Å². The van der Waals surface area contributed by atoms with Crippen LogP contribution in [0.15, 0.2) is 122 Å². The average Bonchev–Trinajstić information content (AvgIpc) is 3.35. The molecule has 0 aromatic heterocycles. The minimum atomic E-state index is -1.58. The number of rotatable bonds is 44. The lowest BCUT2D eigenvalue weighted by molar-refractivity contribution is -0.302. The third-order valence-electron chi connectivity index (χ3n) is 12.0. The number of carbonyl (C=O) groups excluding carboxylic acids is 1. The molecule has 1 fully saturated rings. The van der Waals surface area contributed by atoms with E-state index in [0.29, 0.717) is 6.42 Å². The molecule has 0 spiro atoms. The molecule has 1 heterocycles. The van der Waals surface area contributed by atoms with Crippen LogP contribution in [0.2, 0.25) is 0 Å². The van der Waals surface area contributed by atoms with Crippen molar-refractivity contribution in [3.05, 3.63) is 122 Å². The molecule has 9 heteroatoms. The van der Waals surface area contributed by atoms with Crippen molar-refractivity contribution in [3.8, 4) is 0 Å². The lowest BCUT2D eigenvalue weighted by Gasteiger charge is -2.40. The van der Waals surface area contributed by atoms with Crippen molar-refractivity contribution in [1.82, 2.24) is 5.32 Å². The Hall–Kier alpha value is -3.41. The Morgan fingerprint density at radius 1 is 0.507 bits per heavy atom. The Labute approximate surface area is 420 Å². The van der Waals surface area contributed by atoms with Gasteiger partial charge in [-0.15, -0.1) is 0 Å². The first kappa shape index (κ1) is 63.6. The smallest absolute Gasteiger partial charge is 0.220 e. The summed E-state index contributed by atoms with van der Waals surface area (Å²) in [6.07, 6.45) is 65.5. The highest BCUT2D eigenvalue weighted by Crippen LogP contribution is 2.22. The lowest BCUT2D eigenvalue weighted by Crippen LogP contribution is -2.60. The number of hydrogen-bond acceptors (Lipinski definition) is 8. The molecule has 6 N–H and O–H groups in total. The van der Waals surface area contributed by atoms with Crippen molar-refractivity contribution >= 4 is 5.91 Å². The second-order valence-electron chi connectivity index (χ2n) is 18.3. The molecule has 7 unspecified atom stereocenters. The molecule has 0 radical (unpaired) electrons. The highest BCUT2D eigenvalue weighted by Gasteiger charge is 2.44. The largest absolute Gasteiger partial charge is 0.394 e. The van der Waals surface area contributed by atoms with Gasteiger partial charge in [0.05, 0.1) is 25.4 Å². The Morgan fingerprint density at radius 3 is 1.39 bits per heavy atom. The number of aliphatic hydroxyl groups excluding tert-OH is 5. The van der Waals surface area contributed by atoms with Gasteiger partial charge in [0, 0.05) is 6.42 Å². The van der Waals surface area contributed by atoms with Crippen LogP contribution in [-0.2, 0) is 14.3 Å². The van der Waals surface area contributed by atoms with Crippen LogP contribution in [0, 0.1) is 0 Å². The predicted octanol–water partition coefficient (Wildman–Crippen LogP) is 13.2. The molecule has 1 saturated heterocycles. The van der Waals surface area contributed by atoms with Crippen LogP contribution >= 0.6 is 0 Å². The number of unbranched alkanes of at least 4 members (excludes halogenated alkanes) is 16. The molecule has 0 bridgehead atoms. The Kier molecular flexibility index (Phi) is 44.5. The zero-order valence-electron chi connectivity index (χ0n) is 43.3. The summed E-state index contributed by atoms with van der Waals surface area (Å²) in [6.45, 7) is 3.59. The number of allylic oxidation sites excluding steroid dienone is 19. The molecule has 1 aliphatic rings. The van der Waals surface area contributed by atoms with E-state index in [9.17, 15) is 30.3 Å². The van der Waals surface area contributed by atoms with E-state index in [1.165, 1.54) is 70.6 Å². The van der Waals surface area contributed by atoms with Gasteiger partial charge in [-0.25, -0.2) is 0 Å². The average molecular weight is 962 g/mol. The molecule has 1 rings (SSSR count). The van der Waals surface area contributed by atoms with Crippen molar-refractivity contribution in [2.75, 3.05) is 13.2 Å². The Bertz CT molecular complexity index is 1490. The zero-order chi connectivity index (χ0) is 50.1. The molecular formula is C60H99NO8. The van der Waals surface area contributed by atoms with Gasteiger partial charge in [0.2, 0.25) is 5.91 Å². The second kappa shape index (κ2) is 48.2. The fourth-order valence-electron chi connectivity index (χ4n) is 7.72. The first-order valence-electron chi connectivity index (χ1n) is 27.3. The number of carbonyl (C=O) groups is 1. The summed E-state index contributed by atoms with van der Waals surface area (Å²) in [4.78, 5) is 13.0. The lowest BCUT2D eigenvalue weighted by atomic mass is 9.99. The van der Waals surface area contributed by atoms with Crippen LogP contribution in [0.5, 0.6) is 0 Å². The third-order valence-corrected chi connectivity index (χ3v) is 12.0. The fraction of sp³-hybridized carbons (Fsp3) is 0.650. The summed E-state index contributed by atoms with van der Waals surface area (Å²) in [5.74, 6) is -0.199. The van der Waals surface area contributed by atoms with Crippen LogP contribution in [0.3, 0.4) is 0 Å². The van der Waals surface area contributed by atoms with Crippen LogP contribution in [0.4, 0.5) is 0 Å². The molecule has 0 saturated carbocycles. The molecule has 392 valence electrons. The van der Waals surface area contributed by atoms with Crippen molar-refractivity contribution in [1.29, 1.82) is 0 Å². The molecule has 0 aliphatic carbocycles. The monoisotopic (exact) mass is 962 g/mol. The van der Waals surface area contributed by atoms with E-state index in [1.807, 2.05) is 6.08 Å². The van der Waals surface area contributed by atoms with E-state index < -0.39 is 49.5 Å². The van der Waals surface area contributed by atoms with Gasteiger partial charge in [0.1, 0.15) is 24.4 Å². The van der Waals surface area contributed by atoms with Crippen molar-refractivity contribution in [3.63, 3.8) is 0 Å². The van der Waals surface area contributed by atoms with Crippen molar-refractivity contribution in [2.24, 2.45) is 0 Å². The molecule has 1 amide bonds. The van der Waals surface area contributed by atoms with E-state index in [-0.39, 0.29) is 12.5 Å². The Morgan fingerprint density at radius 2 is 0.913 bits per heavy atom. The van der Waals surface area contributed by atoms with E-state index in [2.05, 4.69) is 129 Å². The summed E-state index contributed by atoms with van der Waals surface area (Å²) in [5.41, 5.74) is 0. The molecule has 7 atom stereocenters. The fourth-order valence-corrected chi connectivity index (χ4v) is 7.72. The predicted molar refractivity (Wildman–Crippen MR) is 290 cm³/mol. The molecule has 1 aliphatic heterocycles. The van der Waals surface area contributed by atoms with Gasteiger partial charge in [0.25, 0.3) is 0 Å². The SMILES string of the molecule is CC/C=C\C/C=C\C/C=C\C/C=C\C/C=C\C/C=C\C/C=C\C/C=C\CCCCCCCCCCCCC(=O)NC(COC1OC(CO)C(O)C(O)C1O)C(O)/C=C/CC/C=C/CCCCCCC. The number of aliphatic hydroxyl groups is 5. The van der Waals surface area contributed by atoms with Crippen molar-refractivity contribution < 1.29 is 39.8 Å². The first-order valence-corrected chi connectivity index (χ1v) is 27.3. The number of amides is 1. The summed E-state index contributed by atoms with van der Waals surface area (Å²) in [7, 11) is 0. The van der Waals surface area contributed by atoms with Gasteiger partial charge in [-0.05, 0) is 96.3 Å². The van der Waals surface area contributed by atoms with Crippen LogP contribution in [0.1, 0.15) is 194 Å². The quantitative estimate of drug-likeness (QED) is 0.0261. The maximum Gasteiger partial charge on any atom is 0.220 e. The van der Waals surface area contributed by atoms with Gasteiger partial charge < -0.3 is 40.3 Å². The third kappa shape index (κ3) is 38.0. The van der Waals surface area contributed by atoms with Gasteiger partial charge >= 0.3 is 0 Å². The second-order valence-corrected chi connectivity index (χ2v) is 18.3. The topological polar surface area (TPSA) is 149 Å². The van der Waals surface area contributed by atoms with Crippen LogP contribution < -0.4 is 5.32 Å². The maximum atomic E-state index is 13.0. The highest BCUT2D eigenvalue weighted by molar-refractivity contribution is 5.76. The summed E-state index contributed by atoms with van der Waals surface area (Å²) in [5, 5.41) is 54.2.